The van der Waals surface area contributed by atoms with E-state index in [1.54, 1.807) is 0 Å². The molecule has 7 heteroatoms. The SMILES string of the molecule is Cc1ccc(OCCC(=O)O[C@H](C)C(=O)N2CCNC2=O)cc1. The van der Waals surface area contributed by atoms with Gasteiger partial charge in [0.15, 0.2) is 6.10 Å². The van der Waals surface area contributed by atoms with Crippen molar-refractivity contribution in [2.45, 2.75) is 26.4 Å². The molecule has 0 spiro atoms. The highest BCUT2D eigenvalue weighted by atomic mass is 16.6. The first-order valence-electron chi connectivity index (χ1n) is 7.45. The van der Waals surface area contributed by atoms with Crippen LogP contribution in [0.2, 0.25) is 0 Å². The molecule has 0 saturated carbocycles. The van der Waals surface area contributed by atoms with E-state index < -0.39 is 24.0 Å². The molecule has 1 aromatic carbocycles. The van der Waals surface area contributed by atoms with Gasteiger partial charge in [0.05, 0.1) is 13.0 Å². The highest BCUT2D eigenvalue weighted by molar-refractivity contribution is 5.98. The van der Waals surface area contributed by atoms with Gasteiger partial charge in [-0.1, -0.05) is 17.7 Å². The number of aryl methyl sites for hydroxylation is 1. The van der Waals surface area contributed by atoms with Gasteiger partial charge in [0, 0.05) is 13.1 Å². The van der Waals surface area contributed by atoms with Crippen LogP contribution in [-0.4, -0.2) is 48.6 Å². The predicted molar refractivity (Wildman–Crippen MR) is 82.0 cm³/mol. The molecule has 1 aliphatic rings. The minimum Gasteiger partial charge on any atom is -0.493 e. The molecule has 7 nitrogen and oxygen atoms in total. The predicted octanol–water partition coefficient (Wildman–Crippen LogP) is 1.25. The van der Waals surface area contributed by atoms with Crippen LogP contribution in [0.4, 0.5) is 4.79 Å². The molecule has 3 amide bonds. The Morgan fingerprint density at radius 3 is 2.61 bits per heavy atom. The third-order valence-corrected chi connectivity index (χ3v) is 3.37. The summed E-state index contributed by atoms with van der Waals surface area (Å²) in [5.74, 6) is -0.397. The summed E-state index contributed by atoms with van der Waals surface area (Å²) in [5, 5.41) is 2.52. The van der Waals surface area contributed by atoms with Gasteiger partial charge in [-0.2, -0.15) is 0 Å². The summed E-state index contributed by atoms with van der Waals surface area (Å²) in [5.41, 5.74) is 1.12. The zero-order valence-electron chi connectivity index (χ0n) is 13.2. The molecule has 1 saturated heterocycles. The van der Waals surface area contributed by atoms with E-state index in [0.29, 0.717) is 12.3 Å². The van der Waals surface area contributed by atoms with Crippen molar-refractivity contribution in [3.63, 3.8) is 0 Å². The normalized spacial score (nSPS) is 15.0. The number of urea groups is 1. The number of hydrogen-bond acceptors (Lipinski definition) is 5. The van der Waals surface area contributed by atoms with E-state index in [1.807, 2.05) is 31.2 Å². The topological polar surface area (TPSA) is 84.9 Å². The van der Waals surface area contributed by atoms with E-state index in [-0.39, 0.29) is 19.6 Å². The first-order chi connectivity index (χ1) is 11.0. The summed E-state index contributed by atoms with van der Waals surface area (Å²) in [6.07, 6.45) is -0.969. The van der Waals surface area contributed by atoms with Crippen LogP contribution in [-0.2, 0) is 14.3 Å². The molecule has 0 unspecified atom stereocenters. The van der Waals surface area contributed by atoms with Gasteiger partial charge in [-0.25, -0.2) is 4.79 Å². The molecule has 1 aliphatic heterocycles. The lowest BCUT2D eigenvalue weighted by molar-refractivity contribution is -0.157. The van der Waals surface area contributed by atoms with Crippen LogP contribution in [0.5, 0.6) is 5.75 Å². The lowest BCUT2D eigenvalue weighted by Crippen LogP contribution is -2.41. The zero-order valence-corrected chi connectivity index (χ0v) is 13.2. The van der Waals surface area contributed by atoms with E-state index in [9.17, 15) is 14.4 Å². The van der Waals surface area contributed by atoms with E-state index in [4.69, 9.17) is 9.47 Å². The molecule has 0 bridgehead atoms. The first-order valence-corrected chi connectivity index (χ1v) is 7.45. The maximum absolute atomic E-state index is 12.0. The van der Waals surface area contributed by atoms with Crippen molar-refractivity contribution in [2.75, 3.05) is 19.7 Å². The van der Waals surface area contributed by atoms with Crippen molar-refractivity contribution in [1.82, 2.24) is 10.2 Å². The lowest BCUT2D eigenvalue weighted by atomic mass is 10.2. The minimum atomic E-state index is -0.995. The third kappa shape index (κ3) is 4.70. The molecule has 1 fully saturated rings. The molecule has 2 rings (SSSR count). The highest BCUT2D eigenvalue weighted by Gasteiger charge is 2.31. The van der Waals surface area contributed by atoms with Crippen molar-refractivity contribution in [3.05, 3.63) is 29.8 Å². The van der Waals surface area contributed by atoms with Gasteiger partial charge >= 0.3 is 12.0 Å². The summed E-state index contributed by atoms with van der Waals surface area (Å²) in [6, 6.07) is 7.00. The standard InChI is InChI=1S/C16H20N2O5/c1-11-3-5-13(6-4-11)22-10-7-14(19)23-12(2)15(20)18-9-8-17-16(18)21/h3-6,12H,7-10H2,1-2H3,(H,17,21)/t12-/m1/s1. The quantitative estimate of drug-likeness (QED) is 0.797. The Morgan fingerprint density at radius 1 is 1.30 bits per heavy atom. The number of benzene rings is 1. The summed E-state index contributed by atoms with van der Waals surface area (Å²) in [7, 11) is 0. The van der Waals surface area contributed by atoms with Gasteiger partial charge in [0.25, 0.3) is 5.91 Å². The maximum Gasteiger partial charge on any atom is 0.324 e. The first kappa shape index (κ1) is 16.8. The van der Waals surface area contributed by atoms with Crippen LogP contribution in [0, 0.1) is 6.92 Å². The van der Waals surface area contributed by atoms with E-state index in [0.717, 1.165) is 10.5 Å². The number of nitrogens with zero attached hydrogens (tertiary/aromatic N) is 1. The second kappa shape index (κ2) is 7.62. The number of hydrogen-bond donors (Lipinski definition) is 1. The van der Waals surface area contributed by atoms with E-state index in [2.05, 4.69) is 5.32 Å². The van der Waals surface area contributed by atoms with Crippen LogP contribution in [0.3, 0.4) is 0 Å². The Kier molecular flexibility index (Phi) is 5.56. The van der Waals surface area contributed by atoms with Crippen molar-refractivity contribution >= 4 is 17.9 Å². The third-order valence-electron chi connectivity index (χ3n) is 3.37. The van der Waals surface area contributed by atoms with Crippen LogP contribution < -0.4 is 10.1 Å². The Hall–Kier alpha value is -2.57. The molecular weight excluding hydrogens is 300 g/mol. The number of rotatable bonds is 6. The number of carbonyl (C=O) groups is 3. The second-order valence-electron chi connectivity index (χ2n) is 5.27. The molecule has 1 heterocycles. The monoisotopic (exact) mass is 320 g/mol. The smallest absolute Gasteiger partial charge is 0.324 e. The van der Waals surface area contributed by atoms with Gasteiger partial charge in [0.1, 0.15) is 5.75 Å². The summed E-state index contributed by atoms with van der Waals surface area (Å²) < 4.78 is 10.5. The van der Waals surface area contributed by atoms with Crippen molar-refractivity contribution in [3.8, 4) is 5.75 Å². The van der Waals surface area contributed by atoms with Crippen LogP contribution in [0.1, 0.15) is 18.9 Å². The van der Waals surface area contributed by atoms with Gasteiger partial charge in [-0.3, -0.25) is 14.5 Å². The molecule has 1 aromatic rings. The molecular formula is C16H20N2O5. The average Bonchev–Trinajstić information content (AvgIpc) is 2.94. The maximum atomic E-state index is 12.0. The largest absolute Gasteiger partial charge is 0.493 e. The molecule has 23 heavy (non-hydrogen) atoms. The van der Waals surface area contributed by atoms with Crippen molar-refractivity contribution in [1.29, 1.82) is 0 Å². The molecule has 0 radical (unpaired) electrons. The van der Waals surface area contributed by atoms with Crippen molar-refractivity contribution < 1.29 is 23.9 Å². The number of carbonyl (C=O) groups excluding carboxylic acids is 3. The Morgan fingerprint density at radius 2 is 2.00 bits per heavy atom. The van der Waals surface area contributed by atoms with Crippen LogP contribution in [0.25, 0.3) is 0 Å². The fourth-order valence-corrected chi connectivity index (χ4v) is 2.09. The molecule has 1 atom stereocenters. The number of ether oxygens (including phenoxy) is 2. The Balaban J connectivity index is 1.72. The van der Waals surface area contributed by atoms with Gasteiger partial charge in [-0.05, 0) is 26.0 Å². The summed E-state index contributed by atoms with van der Waals surface area (Å²) >= 11 is 0. The minimum absolute atomic E-state index is 0.0255. The molecule has 0 aliphatic carbocycles. The number of imide groups is 1. The van der Waals surface area contributed by atoms with Crippen LogP contribution in [0.15, 0.2) is 24.3 Å². The summed E-state index contributed by atoms with van der Waals surface area (Å²) in [6.45, 7) is 4.28. The van der Waals surface area contributed by atoms with E-state index in [1.165, 1.54) is 6.92 Å². The fraction of sp³-hybridized carbons (Fsp3) is 0.438. The number of esters is 1. The van der Waals surface area contributed by atoms with Crippen molar-refractivity contribution in [2.24, 2.45) is 0 Å². The highest BCUT2D eigenvalue weighted by Crippen LogP contribution is 2.12. The molecule has 0 aromatic heterocycles. The Bertz CT molecular complexity index is 585. The fourth-order valence-electron chi connectivity index (χ4n) is 2.09. The zero-order chi connectivity index (χ0) is 16.8. The lowest BCUT2D eigenvalue weighted by Gasteiger charge is -2.18. The average molecular weight is 320 g/mol. The number of amides is 3. The van der Waals surface area contributed by atoms with E-state index >= 15 is 0 Å². The van der Waals surface area contributed by atoms with Crippen LogP contribution >= 0.6 is 0 Å². The van der Waals surface area contributed by atoms with Gasteiger partial charge in [-0.15, -0.1) is 0 Å². The molecule has 124 valence electrons. The Labute approximate surface area is 134 Å². The molecule has 1 N–H and O–H groups in total. The second-order valence-corrected chi connectivity index (χ2v) is 5.27. The van der Waals surface area contributed by atoms with Gasteiger partial charge in [0.2, 0.25) is 0 Å². The summed E-state index contributed by atoms with van der Waals surface area (Å²) in [4.78, 5) is 36.1. The number of nitrogens with one attached hydrogen (secondary N) is 1. The van der Waals surface area contributed by atoms with Gasteiger partial charge < -0.3 is 14.8 Å².